The van der Waals surface area contributed by atoms with Crippen molar-refractivity contribution in [2.75, 3.05) is 18.0 Å². The maximum atomic E-state index is 6.52. The van der Waals surface area contributed by atoms with Crippen molar-refractivity contribution >= 4 is 29.4 Å². The molecule has 0 amide bonds. The van der Waals surface area contributed by atoms with Crippen molar-refractivity contribution in [3.8, 4) is 5.75 Å². The number of hydrogen-bond acceptors (Lipinski definition) is 5. The van der Waals surface area contributed by atoms with Gasteiger partial charge in [0.1, 0.15) is 22.2 Å². The molecular formula is C25H32ClN3OS. The van der Waals surface area contributed by atoms with Gasteiger partial charge in [0.15, 0.2) is 0 Å². The lowest BCUT2D eigenvalue weighted by Crippen LogP contribution is -2.27. The number of hydrogen-bond donors (Lipinski definition) is 1. The van der Waals surface area contributed by atoms with Gasteiger partial charge in [0.2, 0.25) is 0 Å². The predicted octanol–water partition coefficient (Wildman–Crippen LogP) is 6.65. The van der Waals surface area contributed by atoms with E-state index >= 15 is 0 Å². The highest BCUT2D eigenvalue weighted by Gasteiger charge is 2.49. The first kappa shape index (κ1) is 22.3. The number of rotatable bonds is 10. The smallest absolute Gasteiger partial charge is 0.149 e. The van der Waals surface area contributed by atoms with E-state index in [0.29, 0.717) is 10.9 Å². The number of aryl methyl sites for hydroxylation is 1. The van der Waals surface area contributed by atoms with Gasteiger partial charge in [-0.3, -0.25) is 0 Å². The third-order valence-corrected chi connectivity index (χ3v) is 7.02. The first-order chi connectivity index (χ1) is 14.9. The molecule has 2 aromatic rings. The van der Waals surface area contributed by atoms with E-state index in [9.17, 15) is 0 Å². The van der Waals surface area contributed by atoms with Crippen LogP contribution in [0.3, 0.4) is 0 Å². The third-order valence-electron chi connectivity index (χ3n) is 6.00. The minimum atomic E-state index is -0.364. The van der Waals surface area contributed by atoms with Crippen LogP contribution in [0.1, 0.15) is 51.5 Å². The van der Waals surface area contributed by atoms with E-state index in [1.165, 1.54) is 30.4 Å². The summed E-state index contributed by atoms with van der Waals surface area (Å²) >= 11 is 7.79. The number of benzene rings is 1. The van der Waals surface area contributed by atoms with Crippen molar-refractivity contribution in [3.63, 3.8) is 0 Å². The summed E-state index contributed by atoms with van der Waals surface area (Å²) in [4.78, 5) is 7.16. The maximum Gasteiger partial charge on any atom is 0.149 e. The Kier molecular flexibility index (Phi) is 7.02. The summed E-state index contributed by atoms with van der Waals surface area (Å²) in [6.07, 6.45) is 6.52. The van der Waals surface area contributed by atoms with Crippen LogP contribution in [0.25, 0.3) is 0 Å². The Labute approximate surface area is 195 Å². The molecule has 2 aliphatic rings. The summed E-state index contributed by atoms with van der Waals surface area (Å²) in [6, 6.07) is 12.2. The Bertz CT molecular complexity index is 923. The summed E-state index contributed by atoms with van der Waals surface area (Å²) < 4.78 is 9.93. The molecule has 1 aromatic heterocycles. The summed E-state index contributed by atoms with van der Waals surface area (Å²) in [7, 11) is 0. The van der Waals surface area contributed by atoms with E-state index in [0.717, 1.165) is 61.1 Å². The van der Waals surface area contributed by atoms with Gasteiger partial charge < -0.3 is 14.4 Å². The zero-order valence-electron chi connectivity index (χ0n) is 18.5. The Morgan fingerprint density at radius 3 is 2.74 bits per heavy atom. The van der Waals surface area contributed by atoms with Crippen LogP contribution >= 0.6 is 23.5 Å². The number of pyridine rings is 1. The average molecular weight is 458 g/mol. The van der Waals surface area contributed by atoms with Gasteiger partial charge in [-0.2, -0.15) is 0 Å². The molecule has 4 nitrogen and oxygen atoms in total. The van der Waals surface area contributed by atoms with E-state index < -0.39 is 0 Å². The molecule has 6 heteroatoms. The predicted molar refractivity (Wildman–Crippen MR) is 131 cm³/mol. The summed E-state index contributed by atoms with van der Waals surface area (Å²) in [5, 5.41) is 1.65. The topological polar surface area (TPSA) is 37.4 Å². The van der Waals surface area contributed by atoms with Crippen molar-refractivity contribution in [2.45, 2.75) is 63.0 Å². The highest BCUT2D eigenvalue weighted by Crippen LogP contribution is 2.46. The summed E-state index contributed by atoms with van der Waals surface area (Å²) in [6.45, 7) is 11.0. The number of anilines is 1. The molecule has 0 spiro atoms. The highest BCUT2D eigenvalue weighted by molar-refractivity contribution is 7.97. The molecule has 1 saturated carbocycles. The first-order valence-electron chi connectivity index (χ1n) is 11.3. The maximum absolute atomic E-state index is 6.52. The lowest BCUT2D eigenvalue weighted by Gasteiger charge is -2.23. The first-order valence-corrected chi connectivity index (χ1v) is 12.5. The number of nitrogens with zero attached hydrogens (tertiary/aromatic N) is 2. The van der Waals surface area contributed by atoms with Crippen LogP contribution in [0.4, 0.5) is 5.82 Å². The second kappa shape index (κ2) is 9.74. The molecule has 0 radical (unpaired) electrons. The number of halogens is 1. The molecule has 0 unspecified atom stereocenters. The van der Waals surface area contributed by atoms with Crippen molar-refractivity contribution in [2.24, 2.45) is 5.92 Å². The van der Waals surface area contributed by atoms with Crippen LogP contribution in [-0.4, -0.2) is 23.7 Å². The number of ether oxygens (including phenoxy) is 1. The van der Waals surface area contributed by atoms with Gasteiger partial charge in [-0.15, -0.1) is 0 Å². The Morgan fingerprint density at radius 1 is 1.26 bits per heavy atom. The lowest BCUT2D eigenvalue weighted by molar-refractivity contribution is 0.211. The van der Waals surface area contributed by atoms with Crippen LogP contribution in [0.2, 0.25) is 5.02 Å². The van der Waals surface area contributed by atoms with E-state index in [-0.39, 0.29) is 5.60 Å². The molecule has 1 aromatic carbocycles. The minimum Gasteiger partial charge on any atom is -0.481 e. The van der Waals surface area contributed by atoms with Crippen molar-refractivity contribution in [1.82, 2.24) is 9.71 Å². The molecule has 1 aliphatic heterocycles. The van der Waals surface area contributed by atoms with Gasteiger partial charge in [0.25, 0.3) is 0 Å². The fraction of sp³-hybridized carbons (Fsp3) is 0.480. The molecule has 166 valence electrons. The largest absolute Gasteiger partial charge is 0.481 e. The second-order valence-corrected chi connectivity index (χ2v) is 10.3. The molecule has 0 bridgehead atoms. The Morgan fingerprint density at radius 2 is 2.03 bits per heavy atom. The third kappa shape index (κ3) is 5.69. The van der Waals surface area contributed by atoms with Gasteiger partial charge >= 0.3 is 0 Å². The van der Waals surface area contributed by atoms with Crippen LogP contribution in [-0.2, 0) is 6.42 Å². The second-order valence-electron chi connectivity index (χ2n) is 8.99. The molecular weight excluding hydrogens is 426 g/mol. The molecule has 2 fully saturated rings. The Balaban J connectivity index is 1.39. The quantitative estimate of drug-likeness (QED) is 0.404. The van der Waals surface area contributed by atoms with Gasteiger partial charge in [0.05, 0.1) is 5.70 Å². The number of nitrogens with one attached hydrogen (secondary N) is 1. The summed E-state index contributed by atoms with van der Waals surface area (Å²) in [5.41, 5.74) is 1.74. The lowest BCUT2D eigenvalue weighted by atomic mass is 10.0. The van der Waals surface area contributed by atoms with Crippen LogP contribution < -0.4 is 14.4 Å². The minimum absolute atomic E-state index is 0.364. The molecule has 4 rings (SSSR count). The number of aromatic nitrogens is 1. The van der Waals surface area contributed by atoms with E-state index in [4.69, 9.17) is 21.3 Å². The zero-order valence-corrected chi connectivity index (χ0v) is 20.1. The van der Waals surface area contributed by atoms with Crippen LogP contribution in [0.5, 0.6) is 5.75 Å². The van der Waals surface area contributed by atoms with Gasteiger partial charge in [-0.05, 0) is 74.3 Å². The fourth-order valence-electron chi connectivity index (χ4n) is 3.85. The van der Waals surface area contributed by atoms with E-state index in [1.54, 1.807) is 0 Å². The monoisotopic (exact) mass is 457 g/mol. The van der Waals surface area contributed by atoms with Crippen molar-refractivity contribution < 1.29 is 4.74 Å². The highest BCUT2D eigenvalue weighted by atomic mass is 35.5. The molecule has 0 atom stereocenters. The normalized spacial score (nSPS) is 17.1. The summed E-state index contributed by atoms with van der Waals surface area (Å²) in [5.74, 6) is 2.59. The van der Waals surface area contributed by atoms with Crippen molar-refractivity contribution in [3.05, 3.63) is 59.3 Å². The van der Waals surface area contributed by atoms with E-state index in [2.05, 4.69) is 48.2 Å². The molecule has 31 heavy (non-hydrogen) atoms. The van der Waals surface area contributed by atoms with Crippen LogP contribution in [0.15, 0.2) is 53.7 Å². The molecule has 1 aliphatic carbocycles. The Hall–Kier alpha value is -1.85. The molecule has 2 heterocycles. The molecule has 1 saturated heterocycles. The fourth-order valence-corrected chi connectivity index (χ4v) is 4.72. The zero-order chi connectivity index (χ0) is 21.8. The van der Waals surface area contributed by atoms with Gasteiger partial charge in [-0.25, -0.2) is 4.98 Å². The van der Waals surface area contributed by atoms with Gasteiger partial charge in [-0.1, -0.05) is 44.2 Å². The van der Waals surface area contributed by atoms with Crippen LogP contribution in [0, 0.1) is 5.92 Å². The van der Waals surface area contributed by atoms with E-state index in [1.807, 2.05) is 18.2 Å². The van der Waals surface area contributed by atoms with Crippen molar-refractivity contribution in [1.29, 1.82) is 0 Å². The average Bonchev–Trinajstić information content (AvgIpc) is 3.32. The molecule has 1 N–H and O–H groups in total. The SMILES string of the molecule is C=C(NSc1cccc(N2CCCC2)n1)C1(Oc2cc(Cl)ccc2CCC(C)C)CC1. The van der Waals surface area contributed by atoms with Gasteiger partial charge in [0, 0.05) is 30.1 Å². The standard InChI is InChI=1S/C25H32ClN3OS/c1-18(2)9-10-20-11-12-21(26)17-22(20)30-25(13-14-25)19(3)28-31-24-8-6-7-23(27-24)29-15-4-5-16-29/h6-8,11-12,17-18,28H,3-5,9-10,13-16H2,1-2H3.